The van der Waals surface area contributed by atoms with Crippen LogP contribution in [0.4, 0.5) is 0 Å². The van der Waals surface area contributed by atoms with Gasteiger partial charge in [0.1, 0.15) is 5.78 Å². The van der Waals surface area contributed by atoms with Crippen LogP contribution in [0.15, 0.2) is 29.4 Å². The molecular weight excluding hydrogens is 236 g/mol. The first-order valence-electron chi connectivity index (χ1n) is 6.95. The molecule has 0 aliphatic heterocycles. The van der Waals surface area contributed by atoms with Crippen LogP contribution in [0.1, 0.15) is 32.9 Å². The first kappa shape index (κ1) is 12.5. The van der Waals surface area contributed by atoms with E-state index in [4.69, 9.17) is 0 Å². The zero-order valence-corrected chi connectivity index (χ0v) is 11.8. The van der Waals surface area contributed by atoms with Crippen molar-refractivity contribution >= 4 is 11.5 Å². The maximum absolute atomic E-state index is 12.1. The standard InChI is InChI=1S/C16H20N2O/c1-10(18-9-11-6-4-5-7-17-11)14-13(19)8-12-15(14)16(12,2)3/h4-7,12,14-15H,8-9H2,1-3H3/t12-,14?,15-/m1/s1. The Morgan fingerprint density at radius 1 is 1.47 bits per heavy atom. The number of ketones is 1. The summed E-state index contributed by atoms with van der Waals surface area (Å²) >= 11 is 0. The quantitative estimate of drug-likeness (QED) is 0.780. The van der Waals surface area contributed by atoms with Crippen LogP contribution < -0.4 is 0 Å². The van der Waals surface area contributed by atoms with Gasteiger partial charge in [0.15, 0.2) is 0 Å². The topological polar surface area (TPSA) is 42.3 Å². The maximum Gasteiger partial charge on any atom is 0.142 e. The van der Waals surface area contributed by atoms with Crippen molar-refractivity contribution in [1.82, 2.24) is 4.98 Å². The van der Waals surface area contributed by atoms with Gasteiger partial charge in [-0.1, -0.05) is 19.9 Å². The van der Waals surface area contributed by atoms with E-state index < -0.39 is 0 Å². The van der Waals surface area contributed by atoms with Gasteiger partial charge in [0.2, 0.25) is 0 Å². The van der Waals surface area contributed by atoms with Gasteiger partial charge in [-0.05, 0) is 36.3 Å². The number of carbonyl (C=O) groups excluding carboxylic acids is 1. The van der Waals surface area contributed by atoms with Crippen LogP contribution in [0.5, 0.6) is 0 Å². The summed E-state index contributed by atoms with van der Waals surface area (Å²) in [6, 6.07) is 5.84. The smallest absolute Gasteiger partial charge is 0.142 e. The van der Waals surface area contributed by atoms with Gasteiger partial charge in [0, 0.05) is 18.3 Å². The molecule has 100 valence electrons. The second kappa shape index (κ2) is 4.26. The molecule has 1 aromatic heterocycles. The van der Waals surface area contributed by atoms with Crippen LogP contribution in [0.25, 0.3) is 0 Å². The van der Waals surface area contributed by atoms with Crippen LogP contribution in [-0.4, -0.2) is 16.5 Å². The van der Waals surface area contributed by atoms with E-state index in [2.05, 4.69) is 23.8 Å². The van der Waals surface area contributed by atoms with Gasteiger partial charge in [-0.2, -0.15) is 0 Å². The summed E-state index contributed by atoms with van der Waals surface area (Å²) in [4.78, 5) is 20.9. The van der Waals surface area contributed by atoms with E-state index >= 15 is 0 Å². The third-order valence-corrected chi connectivity index (χ3v) is 4.93. The number of hydrogen-bond donors (Lipinski definition) is 0. The van der Waals surface area contributed by atoms with Gasteiger partial charge in [-0.15, -0.1) is 0 Å². The fraction of sp³-hybridized carbons (Fsp3) is 0.562. The van der Waals surface area contributed by atoms with Crippen molar-refractivity contribution in [2.45, 2.75) is 33.7 Å². The molecule has 0 radical (unpaired) electrons. The van der Waals surface area contributed by atoms with Crippen molar-refractivity contribution in [3.8, 4) is 0 Å². The fourth-order valence-electron chi connectivity index (χ4n) is 3.67. The molecule has 0 N–H and O–H groups in total. The van der Waals surface area contributed by atoms with Crippen molar-refractivity contribution in [3.05, 3.63) is 30.1 Å². The number of rotatable bonds is 3. The first-order valence-corrected chi connectivity index (χ1v) is 6.95. The average Bonchev–Trinajstić information content (AvgIpc) is 2.74. The molecular formula is C16H20N2O. The normalized spacial score (nSPS) is 32.3. The molecule has 2 fully saturated rings. The molecule has 2 aliphatic rings. The minimum atomic E-state index is 0.0590. The highest BCUT2D eigenvalue weighted by Gasteiger charge is 2.67. The molecule has 0 aromatic carbocycles. The number of fused-ring (bicyclic) bond motifs is 1. The second-order valence-corrected chi connectivity index (χ2v) is 6.38. The Morgan fingerprint density at radius 3 is 2.89 bits per heavy atom. The highest BCUT2D eigenvalue weighted by molar-refractivity contribution is 6.07. The van der Waals surface area contributed by atoms with E-state index in [-0.39, 0.29) is 5.92 Å². The highest BCUT2D eigenvalue weighted by Crippen LogP contribution is 2.68. The summed E-state index contributed by atoms with van der Waals surface area (Å²) in [5, 5.41) is 0. The molecule has 2 saturated carbocycles. The zero-order valence-electron chi connectivity index (χ0n) is 11.8. The van der Waals surface area contributed by atoms with Crippen molar-refractivity contribution in [1.29, 1.82) is 0 Å². The van der Waals surface area contributed by atoms with E-state index in [1.54, 1.807) is 6.20 Å². The minimum absolute atomic E-state index is 0.0590. The van der Waals surface area contributed by atoms with Crippen molar-refractivity contribution in [3.63, 3.8) is 0 Å². The summed E-state index contributed by atoms with van der Waals surface area (Å²) in [5.41, 5.74) is 2.29. The molecule has 0 saturated heterocycles. The minimum Gasteiger partial charge on any atom is -0.299 e. The number of carbonyl (C=O) groups is 1. The third-order valence-electron chi connectivity index (χ3n) is 4.93. The van der Waals surface area contributed by atoms with Gasteiger partial charge in [-0.25, -0.2) is 0 Å². The maximum atomic E-state index is 12.1. The van der Waals surface area contributed by atoms with Gasteiger partial charge < -0.3 is 0 Å². The molecule has 1 unspecified atom stereocenters. The Kier molecular flexibility index (Phi) is 2.80. The molecule has 3 rings (SSSR count). The average molecular weight is 256 g/mol. The first-order chi connectivity index (χ1) is 9.01. The largest absolute Gasteiger partial charge is 0.299 e. The summed E-state index contributed by atoms with van der Waals surface area (Å²) in [6.07, 6.45) is 2.53. The third kappa shape index (κ3) is 2.01. The molecule has 1 aromatic rings. The highest BCUT2D eigenvalue weighted by atomic mass is 16.1. The Morgan fingerprint density at radius 2 is 2.26 bits per heavy atom. The van der Waals surface area contributed by atoms with Crippen LogP contribution in [0.3, 0.4) is 0 Å². The van der Waals surface area contributed by atoms with E-state index in [1.165, 1.54) is 0 Å². The van der Waals surface area contributed by atoms with Crippen molar-refractivity contribution in [2.75, 3.05) is 0 Å². The number of nitrogens with zero attached hydrogens (tertiary/aromatic N) is 2. The Balaban J connectivity index is 1.73. The molecule has 0 amide bonds. The Bertz CT molecular complexity index is 533. The summed E-state index contributed by atoms with van der Waals surface area (Å²) in [6.45, 7) is 7.12. The van der Waals surface area contributed by atoms with E-state index in [0.717, 1.165) is 17.8 Å². The predicted octanol–water partition coefficient (Wildman–Crippen LogP) is 2.90. The van der Waals surface area contributed by atoms with E-state index in [1.807, 2.05) is 25.1 Å². The lowest BCUT2D eigenvalue weighted by Gasteiger charge is -2.16. The van der Waals surface area contributed by atoms with E-state index in [9.17, 15) is 4.79 Å². The number of aliphatic imine (C=N–C) groups is 1. The lowest BCUT2D eigenvalue weighted by atomic mass is 9.89. The predicted molar refractivity (Wildman–Crippen MR) is 74.9 cm³/mol. The van der Waals surface area contributed by atoms with Crippen LogP contribution in [0.2, 0.25) is 0 Å². The molecule has 19 heavy (non-hydrogen) atoms. The zero-order chi connectivity index (χ0) is 13.6. The second-order valence-electron chi connectivity index (χ2n) is 6.38. The van der Waals surface area contributed by atoms with Crippen LogP contribution in [-0.2, 0) is 11.3 Å². The Hall–Kier alpha value is -1.51. The van der Waals surface area contributed by atoms with Gasteiger partial charge in [0.05, 0.1) is 18.2 Å². The van der Waals surface area contributed by atoms with Gasteiger partial charge >= 0.3 is 0 Å². The lowest BCUT2D eigenvalue weighted by Crippen LogP contribution is -2.24. The summed E-state index contributed by atoms with van der Waals surface area (Å²) in [7, 11) is 0. The van der Waals surface area contributed by atoms with Crippen molar-refractivity contribution in [2.24, 2.45) is 28.2 Å². The van der Waals surface area contributed by atoms with E-state index in [0.29, 0.717) is 29.6 Å². The van der Waals surface area contributed by atoms with Gasteiger partial charge in [0.25, 0.3) is 0 Å². The molecule has 2 aliphatic carbocycles. The Labute approximate surface area is 114 Å². The number of aromatic nitrogens is 1. The van der Waals surface area contributed by atoms with Crippen LogP contribution >= 0.6 is 0 Å². The summed E-state index contributed by atoms with van der Waals surface area (Å²) in [5.74, 6) is 1.55. The van der Waals surface area contributed by atoms with Gasteiger partial charge in [-0.3, -0.25) is 14.8 Å². The molecule has 3 atom stereocenters. The molecule has 1 heterocycles. The van der Waals surface area contributed by atoms with Crippen LogP contribution in [0, 0.1) is 23.2 Å². The summed E-state index contributed by atoms with van der Waals surface area (Å²) < 4.78 is 0. The number of hydrogen-bond acceptors (Lipinski definition) is 3. The SMILES string of the molecule is CC(=NCc1ccccn1)C1C(=O)C[C@@H]2[C@H]1C2(C)C. The fourth-order valence-corrected chi connectivity index (χ4v) is 3.67. The molecule has 0 bridgehead atoms. The molecule has 3 nitrogen and oxygen atoms in total. The molecule has 0 spiro atoms. The number of Topliss-reactive ketones (excluding diaryl/α,β-unsaturated/α-hetero) is 1. The lowest BCUT2D eigenvalue weighted by molar-refractivity contribution is -0.120. The molecule has 3 heteroatoms. The monoisotopic (exact) mass is 256 g/mol. The van der Waals surface area contributed by atoms with Crippen molar-refractivity contribution < 1.29 is 4.79 Å². The number of pyridine rings is 1.